The molecule has 3 aromatic carbocycles. The number of likely N-dealkylation sites (N-methyl/N-ethyl adjacent to an activating group) is 1. The average molecular weight is 471 g/mol. The van der Waals surface area contributed by atoms with Gasteiger partial charge in [0.25, 0.3) is 11.7 Å². The molecule has 35 heavy (non-hydrogen) atoms. The summed E-state index contributed by atoms with van der Waals surface area (Å²) in [7, 11) is 3.83. The van der Waals surface area contributed by atoms with Crippen LogP contribution in [-0.4, -0.2) is 53.8 Å². The van der Waals surface area contributed by atoms with Crippen LogP contribution in [0.4, 0.5) is 0 Å². The number of hydrogen-bond acceptors (Lipinski definition) is 5. The number of aliphatic hydroxyl groups is 1. The standard InChI is InChI=1S/C29H30N2O4/c1-20-8-7-9-21(18-20)19-35-24-14-12-23(13-15-24)27(32)25-26(22-10-5-4-6-11-22)31(17-16-30(2)3)29(34)28(25)33/h4-15,18,26,32H,16-17,19H2,1-3H3/b27-25+/t26-/m0/s1. The molecule has 1 heterocycles. The molecule has 4 rings (SSSR count). The van der Waals surface area contributed by atoms with E-state index in [2.05, 4.69) is 6.07 Å². The molecule has 0 bridgehead atoms. The summed E-state index contributed by atoms with van der Waals surface area (Å²) in [5.74, 6) is -0.806. The van der Waals surface area contributed by atoms with Crippen LogP contribution in [0.5, 0.6) is 5.75 Å². The molecule has 180 valence electrons. The van der Waals surface area contributed by atoms with Crippen molar-refractivity contribution < 1.29 is 19.4 Å². The maximum atomic E-state index is 13.1. The summed E-state index contributed by atoms with van der Waals surface area (Å²) in [5, 5.41) is 11.2. The molecule has 6 nitrogen and oxygen atoms in total. The molecule has 0 radical (unpaired) electrons. The van der Waals surface area contributed by atoms with Crippen molar-refractivity contribution in [3.8, 4) is 5.75 Å². The number of rotatable bonds is 8. The van der Waals surface area contributed by atoms with Gasteiger partial charge in [-0.1, -0.05) is 60.2 Å². The molecule has 1 aliphatic heterocycles. The monoisotopic (exact) mass is 470 g/mol. The van der Waals surface area contributed by atoms with Crippen LogP contribution in [0.3, 0.4) is 0 Å². The third kappa shape index (κ3) is 5.44. The molecule has 0 saturated carbocycles. The second-order valence-corrected chi connectivity index (χ2v) is 9.01. The van der Waals surface area contributed by atoms with Crippen LogP contribution in [0.2, 0.25) is 0 Å². The molecule has 1 aliphatic rings. The van der Waals surface area contributed by atoms with Gasteiger partial charge in [-0.2, -0.15) is 0 Å². The Labute approximate surface area is 206 Å². The van der Waals surface area contributed by atoms with Crippen molar-refractivity contribution in [2.45, 2.75) is 19.6 Å². The lowest BCUT2D eigenvalue weighted by Crippen LogP contribution is -2.35. The second kappa shape index (κ2) is 10.6. The predicted molar refractivity (Wildman–Crippen MR) is 136 cm³/mol. The van der Waals surface area contributed by atoms with Crippen molar-refractivity contribution in [1.82, 2.24) is 9.80 Å². The van der Waals surface area contributed by atoms with E-state index in [0.717, 1.165) is 11.1 Å². The third-order valence-electron chi connectivity index (χ3n) is 6.06. The Morgan fingerprint density at radius 2 is 1.69 bits per heavy atom. The number of benzene rings is 3. The van der Waals surface area contributed by atoms with Crippen LogP contribution in [0, 0.1) is 6.92 Å². The maximum Gasteiger partial charge on any atom is 0.295 e. The number of aryl methyl sites for hydroxylation is 1. The van der Waals surface area contributed by atoms with E-state index in [1.807, 2.05) is 74.4 Å². The summed E-state index contributed by atoms with van der Waals surface area (Å²) in [4.78, 5) is 29.5. The smallest absolute Gasteiger partial charge is 0.295 e. The Balaban J connectivity index is 1.62. The number of Topliss-reactive ketones (excluding diaryl/α,β-unsaturated/α-hetero) is 1. The molecular formula is C29H30N2O4. The van der Waals surface area contributed by atoms with Gasteiger partial charge >= 0.3 is 0 Å². The van der Waals surface area contributed by atoms with Crippen LogP contribution in [0.15, 0.2) is 84.4 Å². The fourth-order valence-corrected chi connectivity index (χ4v) is 4.23. The zero-order chi connectivity index (χ0) is 24.9. The molecule has 1 atom stereocenters. The molecule has 3 aromatic rings. The van der Waals surface area contributed by atoms with Gasteiger partial charge in [0.1, 0.15) is 18.1 Å². The molecule has 0 aromatic heterocycles. The van der Waals surface area contributed by atoms with E-state index in [4.69, 9.17) is 4.74 Å². The highest BCUT2D eigenvalue weighted by Crippen LogP contribution is 2.39. The van der Waals surface area contributed by atoms with E-state index >= 15 is 0 Å². The highest BCUT2D eigenvalue weighted by Gasteiger charge is 2.45. The Morgan fingerprint density at radius 1 is 0.971 bits per heavy atom. The maximum absolute atomic E-state index is 13.1. The summed E-state index contributed by atoms with van der Waals surface area (Å²) < 4.78 is 5.88. The van der Waals surface area contributed by atoms with Crippen LogP contribution in [-0.2, 0) is 16.2 Å². The van der Waals surface area contributed by atoms with E-state index in [1.165, 1.54) is 5.56 Å². The lowest BCUT2D eigenvalue weighted by molar-refractivity contribution is -0.140. The van der Waals surface area contributed by atoms with Gasteiger partial charge in [0, 0.05) is 18.7 Å². The minimum Gasteiger partial charge on any atom is -0.507 e. The number of carbonyl (C=O) groups excluding carboxylic acids is 2. The van der Waals surface area contributed by atoms with Crippen LogP contribution < -0.4 is 4.74 Å². The minimum absolute atomic E-state index is 0.105. The number of amides is 1. The van der Waals surface area contributed by atoms with Crippen LogP contribution in [0.25, 0.3) is 5.76 Å². The van der Waals surface area contributed by atoms with Crippen molar-refractivity contribution in [3.63, 3.8) is 0 Å². The van der Waals surface area contributed by atoms with Crippen molar-refractivity contribution in [2.75, 3.05) is 27.2 Å². The molecule has 1 fully saturated rings. The van der Waals surface area contributed by atoms with Crippen molar-refractivity contribution in [2.24, 2.45) is 0 Å². The van der Waals surface area contributed by atoms with Gasteiger partial charge < -0.3 is 19.6 Å². The largest absolute Gasteiger partial charge is 0.507 e. The highest BCUT2D eigenvalue weighted by molar-refractivity contribution is 6.46. The lowest BCUT2D eigenvalue weighted by atomic mass is 9.95. The summed E-state index contributed by atoms with van der Waals surface area (Å²) in [6, 6.07) is 23.7. The number of aliphatic hydroxyl groups excluding tert-OH is 1. The van der Waals surface area contributed by atoms with Gasteiger partial charge in [-0.05, 0) is 56.4 Å². The molecule has 6 heteroatoms. The average Bonchev–Trinajstić information content (AvgIpc) is 3.11. The zero-order valence-corrected chi connectivity index (χ0v) is 20.3. The summed E-state index contributed by atoms with van der Waals surface area (Å²) in [6.45, 7) is 3.44. The molecule has 1 saturated heterocycles. The Kier molecular flexibility index (Phi) is 7.32. The van der Waals surface area contributed by atoms with Gasteiger partial charge in [-0.15, -0.1) is 0 Å². The first kappa shape index (κ1) is 24.2. The molecule has 0 unspecified atom stereocenters. The highest BCUT2D eigenvalue weighted by atomic mass is 16.5. The Bertz CT molecular complexity index is 1230. The number of hydrogen-bond donors (Lipinski definition) is 1. The zero-order valence-electron chi connectivity index (χ0n) is 20.3. The van der Waals surface area contributed by atoms with E-state index in [-0.39, 0.29) is 11.3 Å². The van der Waals surface area contributed by atoms with E-state index in [1.54, 1.807) is 29.2 Å². The normalized spacial score (nSPS) is 17.3. The molecule has 0 spiro atoms. The second-order valence-electron chi connectivity index (χ2n) is 9.01. The molecule has 1 N–H and O–H groups in total. The quantitative estimate of drug-likeness (QED) is 0.297. The fraction of sp³-hybridized carbons (Fsp3) is 0.241. The first-order valence-corrected chi connectivity index (χ1v) is 11.6. The van der Waals surface area contributed by atoms with Gasteiger partial charge in [0.2, 0.25) is 0 Å². The number of likely N-dealkylation sites (tertiary alicyclic amines) is 1. The van der Waals surface area contributed by atoms with Crippen LogP contribution in [0.1, 0.15) is 28.3 Å². The van der Waals surface area contributed by atoms with E-state index in [0.29, 0.717) is 31.0 Å². The SMILES string of the molecule is Cc1cccc(COc2ccc(/C(O)=C3\C(=O)C(=O)N(CCN(C)C)[C@H]3c3ccccc3)cc2)c1. The topological polar surface area (TPSA) is 70.1 Å². The first-order chi connectivity index (χ1) is 16.8. The van der Waals surface area contributed by atoms with Gasteiger partial charge in [-0.3, -0.25) is 9.59 Å². The summed E-state index contributed by atoms with van der Waals surface area (Å²) in [6.07, 6.45) is 0. The Morgan fingerprint density at radius 3 is 2.34 bits per heavy atom. The number of ketones is 1. The Hall–Kier alpha value is -3.90. The number of nitrogens with zero attached hydrogens (tertiary/aromatic N) is 2. The van der Waals surface area contributed by atoms with Gasteiger partial charge in [-0.25, -0.2) is 0 Å². The van der Waals surface area contributed by atoms with Crippen molar-refractivity contribution in [1.29, 1.82) is 0 Å². The van der Waals surface area contributed by atoms with Crippen molar-refractivity contribution in [3.05, 3.63) is 107 Å². The molecule has 0 aliphatic carbocycles. The van der Waals surface area contributed by atoms with Gasteiger partial charge in [0.05, 0.1) is 11.6 Å². The molecule has 1 amide bonds. The predicted octanol–water partition coefficient (Wildman–Crippen LogP) is 4.56. The number of ether oxygens (including phenoxy) is 1. The number of carbonyl (C=O) groups is 2. The van der Waals surface area contributed by atoms with Gasteiger partial charge in [0.15, 0.2) is 0 Å². The fourth-order valence-electron chi connectivity index (χ4n) is 4.23. The lowest BCUT2D eigenvalue weighted by Gasteiger charge is -2.26. The van der Waals surface area contributed by atoms with E-state index in [9.17, 15) is 14.7 Å². The first-order valence-electron chi connectivity index (χ1n) is 11.6. The third-order valence-corrected chi connectivity index (χ3v) is 6.06. The van der Waals surface area contributed by atoms with Crippen LogP contribution >= 0.6 is 0 Å². The summed E-state index contributed by atoms with van der Waals surface area (Å²) in [5.41, 5.74) is 3.58. The van der Waals surface area contributed by atoms with Crippen molar-refractivity contribution >= 4 is 17.4 Å². The minimum atomic E-state index is -0.671. The molecular weight excluding hydrogens is 440 g/mol. The van der Waals surface area contributed by atoms with E-state index < -0.39 is 17.7 Å². The summed E-state index contributed by atoms with van der Waals surface area (Å²) >= 11 is 0.